The number of carbonyl (C=O) groups is 1. The number of hydrogen-bond acceptors (Lipinski definition) is 3. The third-order valence-electron chi connectivity index (χ3n) is 2.73. The minimum Gasteiger partial charge on any atom is -0.497 e. The zero-order valence-corrected chi connectivity index (χ0v) is 10.8. The van der Waals surface area contributed by atoms with Gasteiger partial charge in [0.1, 0.15) is 5.75 Å². The second-order valence-corrected chi connectivity index (χ2v) is 4.13. The van der Waals surface area contributed by atoms with Crippen LogP contribution in [-0.4, -0.2) is 19.1 Å². The molecule has 0 aliphatic carbocycles. The van der Waals surface area contributed by atoms with Gasteiger partial charge in [-0.15, -0.1) is 6.58 Å². The number of methoxy groups -OCH3 is 1. The second-order valence-electron chi connectivity index (χ2n) is 4.13. The first-order chi connectivity index (χ1) is 8.58. The van der Waals surface area contributed by atoms with Gasteiger partial charge in [0.2, 0.25) is 5.91 Å². The molecule has 4 heteroatoms. The predicted octanol–water partition coefficient (Wildman–Crippen LogP) is 1.78. The Morgan fingerprint density at radius 3 is 2.61 bits per heavy atom. The highest BCUT2D eigenvalue weighted by Crippen LogP contribution is 2.17. The molecule has 0 aliphatic rings. The summed E-state index contributed by atoms with van der Waals surface area (Å²) in [5, 5.41) is 2.87. The van der Waals surface area contributed by atoms with Crippen LogP contribution in [0.5, 0.6) is 5.75 Å². The molecule has 18 heavy (non-hydrogen) atoms. The van der Waals surface area contributed by atoms with Crippen LogP contribution in [0.25, 0.3) is 0 Å². The predicted molar refractivity (Wildman–Crippen MR) is 72.3 cm³/mol. The van der Waals surface area contributed by atoms with Gasteiger partial charge in [-0.2, -0.15) is 0 Å². The second kappa shape index (κ2) is 6.81. The molecular formula is C14H20N2O2. The number of rotatable bonds is 6. The lowest BCUT2D eigenvalue weighted by atomic mass is 10.1. The lowest BCUT2D eigenvalue weighted by Crippen LogP contribution is -2.41. The summed E-state index contributed by atoms with van der Waals surface area (Å²) in [4.78, 5) is 11.7. The average Bonchev–Trinajstić information content (AvgIpc) is 2.39. The molecule has 0 radical (unpaired) electrons. The van der Waals surface area contributed by atoms with E-state index in [0.29, 0.717) is 6.42 Å². The molecular weight excluding hydrogens is 228 g/mol. The lowest BCUT2D eigenvalue weighted by Gasteiger charge is -2.17. The van der Waals surface area contributed by atoms with Crippen LogP contribution in [0.3, 0.4) is 0 Å². The molecule has 0 saturated carbocycles. The maximum absolute atomic E-state index is 11.7. The molecule has 1 aromatic rings. The van der Waals surface area contributed by atoms with Crippen LogP contribution in [0.2, 0.25) is 0 Å². The molecule has 0 aliphatic heterocycles. The normalized spacial score (nSPS) is 13.5. The van der Waals surface area contributed by atoms with Crippen LogP contribution in [0.4, 0.5) is 0 Å². The molecule has 0 heterocycles. The Morgan fingerprint density at radius 2 is 2.11 bits per heavy atom. The summed E-state index contributed by atoms with van der Waals surface area (Å²) in [6.45, 7) is 5.48. The first-order valence-electron chi connectivity index (χ1n) is 5.89. The molecule has 2 atom stereocenters. The van der Waals surface area contributed by atoms with Gasteiger partial charge in [-0.25, -0.2) is 0 Å². The topological polar surface area (TPSA) is 64.4 Å². The maximum atomic E-state index is 11.7. The summed E-state index contributed by atoms with van der Waals surface area (Å²) < 4.78 is 5.08. The molecule has 1 aromatic carbocycles. The highest BCUT2D eigenvalue weighted by Gasteiger charge is 2.15. The van der Waals surface area contributed by atoms with Gasteiger partial charge < -0.3 is 15.8 Å². The summed E-state index contributed by atoms with van der Waals surface area (Å²) in [6.07, 6.45) is 2.11. The highest BCUT2D eigenvalue weighted by atomic mass is 16.5. The van der Waals surface area contributed by atoms with E-state index in [4.69, 9.17) is 10.5 Å². The summed E-state index contributed by atoms with van der Waals surface area (Å²) >= 11 is 0. The van der Waals surface area contributed by atoms with E-state index in [1.54, 1.807) is 13.2 Å². The van der Waals surface area contributed by atoms with Gasteiger partial charge in [-0.1, -0.05) is 18.2 Å². The van der Waals surface area contributed by atoms with E-state index in [2.05, 4.69) is 11.9 Å². The fraction of sp³-hybridized carbons (Fsp3) is 0.357. The van der Waals surface area contributed by atoms with Gasteiger partial charge in [0, 0.05) is 0 Å². The van der Waals surface area contributed by atoms with Gasteiger partial charge >= 0.3 is 0 Å². The maximum Gasteiger partial charge on any atom is 0.237 e. The number of nitrogens with two attached hydrogens (primary N) is 1. The smallest absolute Gasteiger partial charge is 0.237 e. The van der Waals surface area contributed by atoms with Crippen molar-refractivity contribution in [3.8, 4) is 5.75 Å². The van der Waals surface area contributed by atoms with Crippen LogP contribution in [-0.2, 0) is 4.79 Å². The van der Waals surface area contributed by atoms with Crippen molar-refractivity contribution >= 4 is 5.91 Å². The molecule has 0 saturated heterocycles. The average molecular weight is 248 g/mol. The van der Waals surface area contributed by atoms with Gasteiger partial charge in [-0.05, 0) is 31.0 Å². The van der Waals surface area contributed by atoms with E-state index >= 15 is 0 Å². The van der Waals surface area contributed by atoms with Crippen molar-refractivity contribution in [1.29, 1.82) is 0 Å². The minimum atomic E-state index is -0.539. The van der Waals surface area contributed by atoms with Crippen LogP contribution in [0.1, 0.15) is 24.9 Å². The number of ether oxygens (including phenoxy) is 1. The first kappa shape index (κ1) is 14.3. The number of amides is 1. The first-order valence-corrected chi connectivity index (χ1v) is 5.89. The Bertz CT molecular complexity index is 401. The van der Waals surface area contributed by atoms with Crippen molar-refractivity contribution in [2.75, 3.05) is 7.11 Å². The largest absolute Gasteiger partial charge is 0.497 e. The molecule has 1 unspecified atom stereocenters. The quantitative estimate of drug-likeness (QED) is 0.754. The molecule has 0 fully saturated rings. The summed E-state index contributed by atoms with van der Waals surface area (Å²) in [5.74, 6) is 0.624. The standard InChI is InChI=1S/C14H20N2O2/c1-4-5-13(15)14(17)16-10(2)11-6-8-12(18-3)9-7-11/h4,6-10,13H,1,5,15H2,2-3H3,(H,16,17)/t10-,13?/m1/s1. The van der Waals surface area contributed by atoms with E-state index < -0.39 is 6.04 Å². The van der Waals surface area contributed by atoms with Crippen molar-refractivity contribution < 1.29 is 9.53 Å². The SMILES string of the molecule is C=CCC(N)C(=O)N[C@H](C)c1ccc(OC)cc1. The molecule has 1 rings (SSSR count). The fourth-order valence-corrected chi connectivity index (χ4v) is 1.58. The van der Waals surface area contributed by atoms with Crippen molar-refractivity contribution in [2.24, 2.45) is 5.73 Å². The van der Waals surface area contributed by atoms with Crippen molar-refractivity contribution in [2.45, 2.75) is 25.4 Å². The summed E-state index contributed by atoms with van der Waals surface area (Å²) in [5.41, 5.74) is 6.71. The Morgan fingerprint density at radius 1 is 1.50 bits per heavy atom. The number of nitrogens with one attached hydrogen (secondary N) is 1. The monoisotopic (exact) mass is 248 g/mol. The highest BCUT2D eigenvalue weighted by molar-refractivity contribution is 5.82. The van der Waals surface area contributed by atoms with E-state index in [9.17, 15) is 4.79 Å². The molecule has 0 spiro atoms. The van der Waals surface area contributed by atoms with Crippen LogP contribution in [0, 0.1) is 0 Å². The fourth-order valence-electron chi connectivity index (χ4n) is 1.58. The zero-order valence-electron chi connectivity index (χ0n) is 10.8. The third kappa shape index (κ3) is 3.89. The van der Waals surface area contributed by atoms with E-state index in [1.165, 1.54) is 0 Å². The van der Waals surface area contributed by atoms with E-state index in [1.807, 2.05) is 31.2 Å². The Labute approximate surface area is 108 Å². The number of hydrogen-bond donors (Lipinski definition) is 2. The van der Waals surface area contributed by atoms with Crippen molar-refractivity contribution in [3.63, 3.8) is 0 Å². The Kier molecular flexibility index (Phi) is 5.39. The summed E-state index contributed by atoms with van der Waals surface area (Å²) in [6, 6.07) is 6.94. The summed E-state index contributed by atoms with van der Waals surface area (Å²) in [7, 11) is 1.62. The van der Waals surface area contributed by atoms with Crippen LogP contribution in [0.15, 0.2) is 36.9 Å². The molecule has 1 amide bonds. The number of benzene rings is 1. The van der Waals surface area contributed by atoms with Crippen molar-refractivity contribution in [3.05, 3.63) is 42.5 Å². The lowest BCUT2D eigenvalue weighted by molar-refractivity contribution is -0.122. The molecule has 3 N–H and O–H groups in total. The minimum absolute atomic E-state index is 0.0840. The molecule has 0 bridgehead atoms. The molecule has 98 valence electrons. The third-order valence-corrected chi connectivity index (χ3v) is 2.73. The molecule has 0 aromatic heterocycles. The molecule has 4 nitrogen and oxygen atoms in total. The van der Waals surface area contributed by atoms with Crippen LogP contribution >= 0.6 is 0 Å². The Balaban J connectivity index is 2.61. The van der Waals surface area contributed by atoms with Crippen LogP contribution < -0.4 is 15.8 Å². The Hall–Kier alpha value is -1.81. The van der Waals surface area contributed by atoms with Crippen molar-refractivity contribution in [1.82, 2.24) is 5.32 Å². The van der Waals surface area contributed by atoms with Gasteiger partial charge in [0.15, 0.2) is 0 Å². The van der Waals surface area contributed by atoms with Gasteiger partial charge in [-0.3, -0.25) is 4.79 Å². The zero-order chi connectivity index (χ0) is 13.5. The van der Waals surface area contributed by atoms with E-state index in [0.717, 1.165) is 11.3 Å². The van der Waals surface area contributed by atoms with Gasteiger partial charge in [0.25, 0.3) is 0 Å². The van der Waals surface area contributed by atoms with Gasteiger partial charge in [0.05, 0.1) is 19.2 Å². The number of carbonyl (C=O) groups excluding carboxylic acids is 1. The van der Waals surface area contributed by atoms with E-state index in [-0.39, 0.29) is 11.9 Å².